The summed E-state index contributed by atoms with van der Waals surface area (Å²) in [6, 6.07) is 13.3. The van der Waals surface area contributed by atoms with Crippen LogP contribution in [0.4, 0.5) is 10.5 Å². The molecule has 4 rings (SSSR count). The molecular weight excluding hydrogens is 382 g/mol. The standard InChI is InChI=1S/C23H25N3O4/c1-29-21(27)13-19-6-3-8-26(19)23(28)25-18-11-17-7-9-30-22(17)20(12-18)16-5-2-4-15(10-16)14-24/h2,4-5,7,9-12,19H,3,6,8,13-14,24H2,1H3,(H,25,28). The highest BCUT2D eigenvalue weighted by Gasteiger charge is 2.31. The first kappa shape index (κ1) is 20.0. The topological polar surface area (TPSA) is 97.8 Å². The summed E-state index contributed by atoms with van der Waals surface area (Å²) in [5.41, 5.74) is 10.1. The van der Waals surface area contributed by atoms with E-state index in [2.05, 4.69) is 5.32 Å². The smallest absolute Gasteiger partial charge is 0.322 e. The van der Waals surface area contributed by atoms with Crippen LogP contribution in [-0.4, -0.2) is 36.6 Å². The molecule has 1 aliphatic rings. The van der Waals surface area contributed by atoms with Crippen molar-refractivity contribution in [2.24, 2.45) is 5.73 Å². The van der Waals surface area contributed by atoms with Gasteiger partial charge in [-0.05, 0) is 48.2 Å². The first-order chi connectivity index (χ1) is 14.6. The molecule has 2 aromatic carbocycles. The number of ether oxygens (including phenoxy) is 1. The van der Waals surface area contributed by atoms with E-state index < -0.39 is 0 Å². The number of anilines is 1. The van der Waals surface area contributed by atoms with E-state index in [0.29, 0.717) is 18.8 Å². The van der Waals surface area contributed by atoms with E-state index >= 15 is 0 Å². The number of nitrogens with zero attached hydrogens (tertiary/aromatic N) is 1. The average molecular weight is 407 g/mol. The van der Waals surface area contributed by atoms with Crippen molar-refractivity contribution in [3.05, 3.63) is 54.3 Å². The zero-order valence-corrected chi connectivity index (χ0v) is 16.9. The van der Waals surface area contributed by atoms with Crippen LogP contribution in [0.15, 0.2) is 53.1 Å². The molecule has 1 fully saturated rings. The van der Waals surface area contributed by atoms with Gasteiger partial charge in [-0.1, -0.05) is 18.2 Å². The van der Waals surface area contributed by atoms with Gasteiger partial charge >= 0.3 is 12.0 Å². The quantitative estimate of drug-likeness (QED) is 0.620. The summed E-state index contributed by atoms with van der Waals surface area (Å²) in [5, 5.41) is 3.89. The van der Waals surface area contributed by atoms with Crippen molar-refractivity contribution in [1.29, 1.82) is 0 Å². The van der Waals surface area contributed by atoms with Gasteiger partial charge in [-0.2, -0.15) is 0 Å². The minimum absolute atomic E-state index is 0.143. The Labute approximate surface area is 174 Å². The minimum atomic E-state index is -0.304. The van der Waals surface area contributed by atoms with Gasteiger partial charge in [-0.3, -0.25) is 4.79 Å². The number of urea groups is 1. The third-order valence-electron chi connectivity index (χ3n) is 5.54. The molecule has 1 unspecified atom stereocenters. The second kappa shape index (κ2) is 8.59. The zero-order valence-electron chi connectivity index (χ0n) is 16.9. The molecule has 2 amide bonds. The maximum atomic E-state index is 12.9. The number of nitrogens with one attached hydrogen (secondary N) is 1. The second-order valence-electron chi connectivity index (χ2n) is 7.47. The first-order valence-corrected chi connectivity index (χ1v) is 10.0. The summed E-state index contributed by atoms with van der Waals surface area (Å²) >= 11 is 0. The van der Waals surface area contributed by atoms with Gasteiger partial charge in [0, 0.05) is 35.8 Å². The van der Waals surface area contributed by atoms with Crippen LogP contribution in [0, 0.1) is 0 Å². The van der Waals surface area contributed by atoms with Crippen LogP contribution in [0.3, 0.4) is 0 Å². The number of carbonyl (C=O) groups excluding carboxylic acids is 2. The van der Waals surface area contributed by atoms with Gasteiger partial charge in [-0.15, -0.1) is 0 Å². The number of furan rings is 1. The summed E-state index contributed by atoms with van der Waals surface area (Å²) in [5.74, 6) is -0.304. The number of likely N-dealkylation sites (tertiary alicyclic amines) is 1. The zero-order chi connectivity index (χ0) is 21.1. The van der Waals surface area contributed by atoms with Crippen molar-refractivity contribution in [2.45, 2.75) is 31.8 Å². The number of methoxy groups -OCH3 is 1. The molecule has 156 valence electrons. The lowest BCUT2D eigenvalue weighted by molar-refractivity contribution is -0.141. The number of hydrogen-bond donors (Lipinski definition) is 2. The van der Waals surface area contributed by atoms with Crippen molar-refractivity contribution in [3.8, 4) is 11.1 Å². The van der Waals surface area contributed by atoms with Crippen molar-refractivity contribution in [1.82, 2.24) is 4.90 Å². The van der Waals surface area contributed by atoms with Crippen LogP contribution < -0.4 is 11.1 Å². The predicted octanol–water partition coefficient (Wildman–Crippen LogP) is 4.12. The van der Waals surface area contributed by atoms with Crippen LogP contribution in [0.25, 0.3) is 22.1 Å². The fraction of sp³-hybridized carbons (Fsp3) is 0.304. The molecular formula is C23H25N3O4. The van der Waals surface area contributed by atoms with Crippen molar-refractivity contribution >= 4 is 28.7 Å². The minimum Gasteiger partial charge on any atom is -0.469 e. The average Bonchev–Trinajstić information content (AvgIpc) is 3.42. The van der Waals surface area contributed by atoms with E-state index in [-0.39, 0.29) is 24.5 Å². The molecule has 1 atom stereocenters. The van der Waals surface area contributed by atoms with Gasteiger partial charge in [0.15, 0.2) is 0 Å². The molecule has 0 spiro atoms. The van der Waals surface area contributed by atoms with Gasteiger partial charge in [0.25, 0.3) is 0 Å². The maximum Gasteiger partial charge on any atom is 0.322 e. The third-order valence-corrected chi connectivity index (χ3v) is 5.54. The highest BCUT2D eigenvalue weighted by Crippen LogP contribution is 2.34. The van der Waals surface area contributed by atoms with Gasteiger partial charge in [-0.25, -0.2) is 4.79 Å². The second-order valence-corrected chi connectivity index (χ2v) is 7.47. The lowest BCUT2D eigenvalue weighted by Gasteiger charge is -2.24. The van der Waals surface area contributed by atoms with Crippen molar-refractivity contribution in [2.75, 3.05) is 19.0 Å². The Hall–Kier alpha value is -3.32. The predicted molar refractivity (Wildman–Crippen MR) is 115 cm³/mol. The molecule has 0 saturated carbocycles. The normalized spacial score (nSPS) is 16.1. The molecule has 2 heterocycles. The molecule has 0 bridgehead atoms. The number of fused-ring (bicyclic) bond motifs is 1. The van der Waals surface area contributed by atoms with Crippen molar-refractivity contribution < 1.29 is 18.7 Å². The molecule has 0 aliphatic carbocycles. The van der Waals surface area contributed by atoms with E-state index in [1.165, 1.54) is 7.11 Å². The number of hydrogen-bond acceptors (Lipinski definition) is 5. The number of nitrogens with two attached hydrogens (primary N) is 1. The SMILES string of the molecule is COC(=O)CC1CCCN1C(=O)Nc1cc(-c2cccc(CN)c2)c2occc2c1. The Morgan fingerprint density at radius 2 is 2.13 bits per heavy atom. The lowest BCUT2D eigenvalue weighted by atomic mass is 10.0. The van der Waals surface area contributed by atoms with Crippen molar-refractivity contribution in [3.63, 3.8) is 0 Å². The Morgan fingerprint density at radius 3 is 2.93 bits per heavy atom. The molecule has 7 heteroatoms. The van der Waals surface area contributed by atoms with Gasteiger partial charge in [0.1, 0.15) is 5.58 Å². The highest BCUT2D eigenvalue weighted by atomic mass is 16.5. The van der Waals surface area contributed by atoms with Gasteiger partial charge < -0.3 is 25.1 Å². The largest absolute Gasteiger partial charge is 0.469 e. The molecule has 30 heavy (non-hydrogen) atoms. The van der Waals surface area contributed by atoms with Crippen LogP contribution in [0.2, 0.25) is 0 Å². The fourth-order valence-electron chi connectivity index (χ4n) is 4.02. The summed E-state index contributed by atoms with van der Waals surface area (Å²) < 4.78 is 10.5. The van der Waals surface area contributed by atoms with Crippen LogP contribution in [-0.2, 0) is 16.1 Å². The van der Waals surface area contributed by atoms with Gasteiger partial charge in [0.05, 0.1) is 19.8 Å². The van der Waals surface area contributed by atoms with E-state index in [1.807, 2.05) is 42.5 Å². The summed E-state index contributed by atoms with van der Waals surface area (Å²) in [6.45, 7) is 1.06. The molecule has 3 N–H and O–H groups in total. The fourth-order valence-corrected chi connectivity index (χ4v) is 4.02. The van der Waals surface area contributed by atoms with Crippen LogP contribution >= 0.6 is 0 Å². The molecule has 1 aromatic heterocycles. The molecule has 0 radical (unpaired) electrons. The number of carbonyl (C=O) groups is 2. The summed E-state index contributed by atoms with van der Waals surface area (Å²) in [4.78, 5) is 26.3. The Balaban J connectivity index is 1.62. The van der Waals surface area contributed by atoms with E-state index in [4.69, 9.17) is 14.9 Å². The first-order valence-electron chi connectivity index (χ1n) is 10.0. The maximum absolute atomic E-state index is 12.9. The Kier molecular flexibility index (Phi) is 5.72. The van der Waals surface area contributed by atoms with Gasteiger partial charge in [0.2, 0.25) is 0 Å². The number of rotatable bonds is 5. The van der Waals surface area contributed by atoms with Crippen LogP contribution in [0.5, 0.6) is 0 Å². The van der Waals surface area contributed by atoms with E-state index in [0.717, 1.165) is 40.5 Å². The number of benzene rings is 2. The molecule has 3 aromatic rings. The van der Waals surface area contributed by atoms with Crippen LogP contribution in [0.1, 0.15) is 24.8 Å². The number of esters is 1. The monoisotopic (exact) mass is 407 g/mol. The molecule has 1 saturated heterocycles. The summed E-state index contributed by atoms with van der Waals surface area (Å²) in [7, 11) is 1.36. The van der Waals surface area contributed by atoms with E-state index in [9.17, 15) is 9.59 Å². The Morgan fingerprint density at radius 1 is 1.27 bits per heavy atom. The number of amides is 2. The Bertz CT molecular complexity index is 1080. The lowest BCUT2D eigenvalue weighted by Crippen LogP contribution is -2.39. The third kappa shape index (κ3) is 4.02. The molecule has 7 nitrogen and oxygen atoms in total. The van der Waals surface area contributed by atoms with E-state index in [1.54, 1.807) is 11.2 Å². The summed E-state index contributed by atoms with van der Waals surface area (Å²) in [6.07, 6.45) is 3.51. The highest BCUT2D eigenvalue weighted by molar-refractivity contribution is 5.99. The molecule has 1 aliphatic heterocycles.